The summed E-state index contributed by atoms with van der Waals surface area (Å²) in [5.41, 5.74) is 3.17. The second-order valence-corrected chi connectivity index (χ2v) is 6.48. The number of hydrogen-bond acceptors (Lipinski definition) is 3. The van der Waals surface area contributed by atoms with Crippen molar-refractivity contribution in [3.8, 4) is 5.75 Å². The first-order chi connectivity index (χ1) is 12.7. The smallest absolute Gasteiger partial charge is 0.189 e. The van der Waals surface area contributed by atoms with Gasteiger partial charge >= 0.3 is 0 Å². The van der Waals surface area contributed by atoms with Crippen LogP contribution in [0.2, 0.25) is 0 Å². The number of rotatable bonds is 6. The molecule has 0 amide bonds. The number of benzene rings is 3. The first-order valence-corrected chi connectivity index (χ1v) is 8.94. The van der Waals surface area contributed by atoms with Crippen LogP contribution in [-0.4, -0.2) is 12.9 Å². The predicted octanol–water partition coefficient (Wildman–Crippen LogP) is 5.79. The molecular weight excluding hydrogens is 390 g/mol. The Labute approximate surface area is 161 Å². The van der Waals surface area contributed by atoms with Gasteiger partial charge in [-0.3, -0.25) is 4.79 Å². The molecule has 0 aliphatic carbocycles. The lowest BCUT2D eigenvalue weighted by Crippen LogP contribution is -2.04. The van der Waals surface area contributed by atoms with Gasteiger partial charge in [-0.05, 0) is 42.0 Å². The topological polar surface area (TPSA) is 38.3 Å². The molecule has 0 bridgehead atoms. The van der Waals surface area contributed by atoms with E-state index < -0.39 is 0 Å². The van der Waals surface area contributed by atoms with Gasteiger partial charge in [-0.2, -0.15) is 0 Å². The predicted molar refractivity (Wildman–Crippen MR) is 110 cm³/mol. The van der Waals surface area contributed by atoms with E-state index >= 15 is 0 Å². The molecule has 0 aliphatic rings. The Morgan fingerprint density at radius 1 is 0.923 bits per heavy atom. The summed E-state index contributed by atoms with van der Waals surface area (Å²) in [7, 11) is 1.63. The number of hydrogen-bond donors (Lipinski definition) is 1. The molecular formula is C22H18BrNO2. The van der Waals surface area contributed by atoms with Crippen LogP contribution in [0.5, 0.6) is 5.75 Å². The Kier molecular flexibility index (Phi) is 5.87. The summed E-state index contributed by atoms with van der Waals surface area (Å²) in [5.74, 6) is 0.711. The average Bonchev–Trinajstić information content (AvgIpc) is 2.69. The van der Waals surface area contributed by atoms with Crippen LogP contribution in [0.3, 0.4) is 0 Å². The van der Waals surface area contributed by atoms with Crippen LogP contribution in [-0.2, 0) is 0 Å². The molecule has 0 unspecified atom stereocenters. The van der Waals surface area contributed by atoms with Crippen molar-refractivity contribution in [1.82, 2.24) is 0 Å². The van der Waals surface area contributed by atoms with Crippen molar-refractivity contribution in [2.24, 2.45) is 0 Å². The molecule has 4 heteroatoms. The second-order valence-electron chi connectivity index (χ2n) is 5.62. The molecule has 0 radical (unpaired) electrons. The number of methoxy groups -OCH3 is 1. The summed E-state index contributed by atoms with van der Waals surface area (Å²) < 4.78 is 5.97. The Morgan fingerprint density at radius 2 is 1.58 bits per heavy atom. The van der Waals surface area contributed by atoms with E-state index in [0.717, 1.165) is 27.2 Å². The van der Waals surface area contributed by atoms with E-state index in [1.165, 1.54) is 0 Å². The number of halogens is 1. The molecule has 0 saturated heterocycles. The lowest BCUT2D eigenvalue weighted by Gasteiger charge is -2.12. The Balaban J connectivity index is 1.95. The summed E-state index contributed by atoms with van der Waals surface area (Å²) in [5, 5.41) is 3.34. The van der Waals surface area contributed by atoms with Gasteiger partial charge in [-0.15, -0.1) is 0 Å². The fourth-order valence-electron chi connectivity index (χ4n) is 2.51. The van der Waals surface area contributed by atoms with Crippen molar-refractivity contribution in [3.05, 3.63) is 101 Å². The Morgan fingerprint density at radius 3 is 2.23 bits per heavy atom. The van der Waals surface area contributed by atoms with Gasteiger partial charge in [-0.25, -0.2) is 0 Å². The first kappa shape index (κ1) is 18.0. The second kappa shape index (κ2) is 8.50. The number of anilines is 1. The first-order valence-electron chi connectivity index (χ1n) is 8.14. The zero-order chi connectivity index (χ0) is 18.4. The van der Waals surface area contributed by atoms with Crippen LogP contribution >= 0.6 is 15.9 Å². The molecule has 3 nitrogen and oxygen atoms in total. The standard InChI is InChI=1S/C22H18BrNO2/c1-26-18-13-11-17(12-14-18)24-21(16-7-3-2-4-8-16)15-22(25)19-9-5-6-10-20(19)23/h2-15,24H,1H3/b21-15+. The van der Waals surface area contributed by atoms with E-state index in [1.54, 1.807) is 19.3 Å². The highest BCUT2D eigenvalue weighted by molar-refractivity contribution is 9.10. The Hall–Kier alpha value is -2.85. The highest BCUT2D eigenvalue weighted by atomic mass is 79.9. The summed E-state index contributed by atoms with van der Waals surface area (Å²) in [6.45, 7) is 0. The van der Waals surface area contributed by atoms with Crippen molar-refractivity contribution in [1.29, 1.82) is 0 Å². The van der Waals surface area contributed by atoms with E-state index in [-0.39, 0.29) is 5.78 Å². The van der Waals surface area contributed by atoms with E-state index in [4.69, 9.17) is 4.74 Å². The summed E-state index contributed by atoms with van der Waals surface area (Å²) >= 11 is 3.44. The maximum Gasteiger partial charge on any atom is 0.189 e. The zero-order valence-corrected chi connectivity index (χ0v) is 15.9. The lowest BCUT2D eigenvalue weighted by atomic mass is 10.1. The molecule has 0 heterocycles. The normalized spacial score (nSPS) is 11.1. The number of ketones is 1. The van der Waals surface area contributed by atoms with Gasteiger partial charge in [0.25, 0.3) is 0 Å². The highest BCUT2D eigenvalue weighted by Crippen LogP contribution is 2.23. The van der Waals surface area contributed by atoms with Gasteiger partial charge in [0.05, 0.1) is 7.11 Å². The van der Waals surface area contributed by atoms with Gasteiger partial charge in [0.1, 0.15) is 5.75 Å². The molecule has 0 aliphatic heterocycles. The zero-order valence-electron chi connectivity index (χ0n) is 14.3. The van der Waals surface area contributed by atoms with Crippen LogP contribution in [0.25, 0.3) is 5.70 Å². The van der Waals surface area contributed by atoms with Crippen molar-refractivity contribution >= 4 is 33.1 Å². The molecule has 26 heavy (non-hydrogen) atoms. The van der Waals surface area contributed by atoms with Crippen LogP contribution in [0.4, 0.5) is 5.69 Å². The largest absolute Gasteiger partial charge is 0.497 e. The van der Waals surface area contributed by atoms with E-state index in [1.807, 2.05) is 72.8 Å². The minimum Gasteiger partial charge on any atom is -0.497 e. The quantitative estimate of drug-likeness (QED) is 0.414. The number of allylic oxidation sites excluding steroid dienone is 1. The minimum absolute atomic E-state index is 0.0719. The Bertz CT molecular complexity index is 918. The molecule has 3 aromatic rings. The highest BCUT2D eigenvalue weighted by Gasteiger charge is 2.10. The van der Waals surface area contributed by atoms with Crippen LogP contribution in [0.1, 0.15) is 15.9 Å². The molecule has 130 valence electrons. The van der Waals surface area contributed by atoms with Gasteiger partial charge in [0.15, 0.2) is 5.78 Å². The van der Waals surface area contributed by atoms with Crippen LogP contribution in [0.15, 0.2) is 89.4 Å². The number of nitrogens with one attached hydrogen (secondary N) is 1. The lowest BCUT2D eigenvalue weighted by molar-refractivity contribution is 0.104. The fraction of sp³-hybridized carbons (Fsp3) is 0.0455. The van der Waals surface area contributed by atoms with Crippen molar-refractivity contribution in [2.45, 2.75) is 0 Å². The van der Waals surface area contributed by atoms with E-state index in [9.17, 15) is 4.79 Å². The van der Waals surface area contributed by atoms with Gasteiger partial charge in [0, 0.05) is 27.5 Å². The number of carbonyl (C=O) groups excluding carboxylic acids is 1. The fourth-order valence-corrected chi connectivity index (χ4v) is 2.99. The molecule has 1 N–H and O–H groups in total. The summed E-state index contributed by atoms with van der Waals surface area (Å²) in [6.07, 6.45) is 1.62. The molecule has 0 saturated carbocycles. The monoisotopic (exact) mass is 407 g/mol. The van der Waals surface area contributed by atoms with Crippen molar-refractivity contribution < 1.29 is 9.53 Å². The van der Waals surface area contributed by atoms with Crippen molar-refractivity contribution in [3.63, 3.8) is 0 Å². The minimum atomic E-state index is -0.0719. The summed E-state index contributed by atoms with van der Waals surface area (Å²) in [4.78, 5) is 12.8. The molecule has 0 atom stereocenters. The average molecular weight is 408 g/mol. The maximum atomic E-state index is 12.8. The number of carbonyl (C=O) groups is 1. The van der Waals surface area contributed by atoms with E-state index in [0.29, 0.717) is 5.56 Å². The SMILES string of the molecule is COc1ccc(N/C(=C/C(=O)c2ccccc2Br)c2ccccc2)cc1. The van der Waals surface area contributed by atoms with Crippen LogP contribution in [0, 0.1) is 0 Å². The molecule has 0 fully saturated rings. The molecule has 0 spiro atoms. The van der Waals surface area contributed by atoms with Gasteiger partial charge in [-0.1, -0.05) is 58.4 Å². The number of ether oxygens (including phenoxy) is 1. The van der Waals surface area contributed by atoms with Crippen LogP contribution < -0.4 is 10.1 Å². The van der Waals surface area contributed by atoms with Crippen molar-refractivity contribution in [2.75, 3.05) is 12.4 Å². The van der Waals surface area contributed by atoms with E-state index in [2.05, 4.69) is 21.2 Å². The third-order valence-corrected chi connectivity index (χ3v) is 4.56. The molecule has 0 aromatic heterocycles. The third-order valence-electron chi connectivity index (χ3n) is 3.87. The summed E-state index contributed by atoms with van der Waals surface area (Å²) in [6, 6.07) is 24.8. The van der Waals surface area contributed by atoms with Gasteiger partial charge in [0.2, 0.25) is 0 Å². The van der Waals surface area contributed by atoms with Gasteiger partial charge < -0.3 is 10.1 Å². The molecule has 3 aromatic carbocycles. The third kappa shape index (κ3) is 4.41. The molecule has 3 rings (SSSR count). The maximum absolute atomic E-state index is 12.8.